The molecule has 0 fully saturated rings. The molecule has 0 atom stereocenters. The van der Waals surface area contributed by atoms with Crippen LogP contribution in [0.3, 0.4) is 0 Å². The molecule has 0 radical (unpaired) electrons. The van der Waals surface area contributed by atoms with Gasteiger partial charge in [0, 0.05) is 23.7 Å². The van der Waals surface area contributed by atoms with Gasteiger partial charge in [-0.25, -0.2) is 9.97 Å². The first-order valence-corrected chi connectivity index (χ1v) is 11.7. The zero-order valence-corrected chi connectivity index (χ0v) is 19.9. The number of furan rings is 1. The van der Waals surface area contributed by atoms with E-state index in [4.69, 9.17) is 14.4 Å². The number of carbonyl (C=O) groups excluding carboxylic acids is 1. The van der Waals surface area contributed by atoms with Gasteiger partial charge >= 0.3 is 0 Å². The van der Waals surface area contributed by atoms with Crippen LogP contribution < -0.4 is 10.9 Å². The Morgan fingerprint density at radius 3 is 2.59 bits per heavy atom. The van der Waals surface area contributed by atoms with Crippen LogP contribution in [0.15, 0.2) is 94.3 Å². The Hall–Kier alpha value is -5.11. The number of hydrogen-bond acceptors (Lipinski definition) is 6. The maximum Gasteiger partial charge on any atom is 0.262 e. The van der Waals surface area contributed by atoms with Crippen LogP contribution in [0.2, 0.25) is 0 Å². The van der Waals surface area contributed by atoms with Crippen molar-refractivity contribution >= 4 is 28.0 Å². The van der Waals surface area contributed by atoms with Crippen molar-refractivity contribution in [2.45, 2.75) is 13.5 Å². The maximum absolute atomic E-state index is 12.9. The van der Waals surface area contributed by atoms with Gasteiger partial charge in [-0.15, -0.1) is 0 Å². The number of benzene rings is 2. The van der Waals surface area contributed by atoms with E-state index in [1.54, 1.807) is 6.20 Å². The van der Waals surface area contributed by atoms with Crippen LogP contribution >= 0.6 is 0 Å². The highest BCUT2D eigenvalue weighted by Crippen LogP contribution is 2.33. The molecule has 2 N–H and O–H groups in total. The molecular weight excluding hydrogens is 466 g/mol. The second kappa shape index (κ2) is 9.16. The Morgan fingerprint density at radius 2 is 1.78 bits per heavy atom. The summed E-state index contributed by atoms with van der Waals surface area (Å²) in [4.78, 5) is 42.4. The van der Waals surface area contributed by atoms with Crippen LogP contribution in [-0.4, -0.2) is 25.8 Å². The normalized spacial score (nSPS) is 11.2. The SMILES string of the molecule is Cc1ccc(-c2nc3[nH]c(=O)c(C(=O)NCc4ccccc4)cc3nc2-c2ccc3ncccc3c2)o1. The zero-order valence-electron chi connectivity index (χ0n) is 19.9. The molecule has 0 aliphatic heterocycles. The number of aromatic nitrogens is 4. The van der Waals surface area contributed by atoms with Crippen molar-refractivity contribution in [3.05, 3.63) is 112 Å². The Morgan fingerprint density at radius 1 is 0.919 bits per heavy atom. The summed E-state index contributed by atoms with van der Waals surface area (Å²) in [5, 5.41) is 3.75. The molecule has 0 saturated carbocycles. The monoisotopic (exact) mass is 487 g/mol. The number of fused-ring (bicyclic) bond motifs is 2. The summed E-state index contributed by atoms with van der Waals surface area (Å²) in [6, 6.07) is 24.3. The lowest BCUT2D eigenvalue weighted by molar-refractivity contribution is 0.0949. The number of aryl methyl sites for hydroxylation is 1. The smallest absolute Gasteiger partial charge is 0.262 e. The average molecular weight is 488 g/mol. The second-order valence-corrected chi connectivity index (χ2v) is 8.66. The molecule has 6 aromatic rings. The lowest BCUT2D eigenvalue weighted by Gasteiger charge is -2.10. The molecule has 2 aromatic carbocycles. The highest BCUT2D eigenvalue weighted by molar-refractivity contribution is 5.97. The first-order chi connectivity index (χ1) is 18.0. The van der Waals surface area contributed by atoms with Gasteiger partial charge in [0.2, 0.25) is 0 Å². The van der Waals surface area contributed by atoms with E-state index in [-0.39, 0.29) is 11.2 Å². The number of pyridine rings is 2. The van der Waals surface area contributed by atoms with E-state index < -0.39 is 11.5 Å². The summed E-state index contributed by atoms with van der Waals surface area (Å²) in [5.74, 6) is 0.765. The van der Waals surface area contributed by atoms with Gasteiger partial charge in [-0.3, -0.25) is 14.6 Å². The van der Waals surface area contributed by atoms with Gasteiger partial charge in [0.25, 0.3) is 11.5 Å². The molecule has 4 heterocycles. The molecule has 0 saturated heterocycles. The fraction of sp³-hybridized carbons (Fsp3) is 0.0690. The minimum Gasteiger partial charge on any atom is -0.460 e. The van der Waals surface area contributed by atoms with Crippen molar-refractivity contribution in [2.75, 3.05) is 0 Å². The molecule has 4 aromatic heterocycles. The number of aromatic amines is 1. The third-order valence-electron chi connectivity index (χ3n) is 6.07. The van der Waals surface area contributed by atoms with E-state index in [2.05, 4.69) is 15.3 Å². The van der Waals surface area contributed by atoms with Gasteiger partial charge in [-0.05, 0) is 48.9 Å². The average Bonchev–Trinajstić information content (AvgIpc) is 3.37. The zero-order chi connectivity index (χ0) is 25.4. The highest BCUT2D eigenvalue weighted by Gasteiger charge is 2.19. The number of carbonyl (C=O) groups is 1. The topological polar surface area (TPSA) is 114 Å². The van der Waals surface area contributed by atoms with Crippen molar-refractivity contribution in [1.82, 2.24) is 25.3 Å². The molecule has 0 aliphatic rings. The highest BCUT2D eigenvalue weighted by atomic mass is 16.3. The fourth-order valence-electron chi connectivity index (χ4n) is 4.22. The standard InChI is InChI=1S/C29H21N5O3/c1-17-9-12-24(37-17)26-25(20-10-11-22-19(14-20)8-5-13-30-22)32-23-15-21(29(36)34-27(23)33-26)28(35)31-16-18-6-3-2-4-7-18/h2-15H,16H2,1H3,(H,31,35)(H,33,34,36). The first-order valence-electron chi connectivity index (χ1n) is 11.7. The van der Waals surface area contributed by atoms with Crippen LogP contribution in [0.5, 0.6) is 0 Å². The molecule has 0 unspecified atom stereocenters. The summed E-state index contributed by atoms with van der Waals surface area (Å²) in [7, 11) is 0. The minimum absolute atomic E-state index is 0.0343. The summed E-state index contributed by atoms with van der Waals surface area (Å²) in [6.07, 6.45) is 1.75. The van der Waals surface area contributed by atoms with Crippen LogP contribution in [0.1, 0.15) is 21.7 Å². The molecule has 0 aliphatic carbocycles. The Balaban J connectivity index is 1.47. The lowest BCUT2D eigenvalue weighted by Crippen LogP contribution is -2.29. The van der Waals surface area contributed by atoms with Gasteiger partial charge in [-0.2, -0.15) is 0 Å². The van der Waals surface area contributed by atoms with Crippen LogP contribution in [0.4, 0.5) is 0 Å². The van der Waals surface area contributed by atoms with E-state index in [1.807, 2.05) is 79.7 Å². The van der Waals surface area contributed by atoms with E-state index in [0.717, 1.165) is 27.8 Å². The Bertz CT molecular complexity index is 1840. The number of amides is 1. The summed E-state index contributed by atoms with van der Waals surface area (Å²) >= 11 is 0. The predicted molar refractivity (Wildman–Crippen MR) is 141 cm³/mol. The van der Waals surface area contributed by atoms with E-state index >= 15 is 0 Å². The Kier molecular flexibility index (Phi) is 5.54. The first kappa shape index (κ1) is 22.4. The number of nitrogens with one attached hydrogen (secondary N) is 2. The molecule has 0 bridgehead atoms. The molecule has 6 rings (SSSR count). The quantitative estimate of drug-likeness (QED) is 0.353. The third kappa shape index (κ3) is 4.36. The number of hydrogen-bond donors (Lipinski definition) is 2. The lowest BCUT2D eigenvalue weighted by atomic mass is 10.0. The van der Waals surface area contributed by atoms with Crippen LogP contribution in [0.25, 0.3) is 44.8 Å². The molecule has 8 heteroatoms. The van der Waals surface area contributed by atoms with Gasteiger partial charge in [0.1, 0.15) is 28.2 Å². The van der Waals surface area contributed by atoms with Gasteiger partial charge in [0.05, 0.1) is 5.52 Å². The fourth-order valence-corrected chi connectivity index (χ4v) is 4.22. The van der Waals surface area contributed by atoms with Crippen molar-refractivity contribution < 1.29 is 9.21 Å². The van der Waals surface area contributed by atoms with Crippen LogP contribution in [-0.2, 0) is 6.54 Å². The molecule has 180 valence electrons. The van der Waals surface area contributed by atoms with Gasteiger partial charge < -0.3 is 14.7 Å². The molecule has 37 heavy (non-hydrogen) atoms. The maximum atomic E-state index is 12.9. The minimum atomic E-state index is -0.543. The predicted octanol–water partition coefficient (Wildman–Crippen LogP) is 5.03. The van der Waals surface area contributed by atoms with Crippen molar-refractivity contribution in [3.8, 4) is 22.7 Å². The summed E-state index contributed by atoms with van der Waals surface area (Å²) in [5.41, 5.74) is 3.72. The van der Waals surface area contributed by atoms with E-state index in [9.17, 15) is 9.59 Å². The number of H-pyrrole nitrogens is 1. The van der Waals surface area contributed by atoms with Crippen molar-refractivity contribution in [2.24, 2.45) is 0 Å². The summed E-state index contributed by atoms with van der Waals surface area (Å²) in [6.45, 7) is 2.15. The molecule has 0 spiro atoms. The molecule has 8 nitrogen and oxygen atoms in total. The van der Waals surface area contributed by atoms with E-state index in [0.29, 0.717) is 29.2 Å². The Labute approximate surface area is 211 Å². The van der Waals surface area contributed by atoms with Gasteiger partial charge in [-0.1, -0.05) is 42.5 Å². The third-order valence-corrected chi connectivity index (χ3v) is 6.07. The van der Waals surface area contributed by atoms with Gasteiger partial charge in [0.15, 0.2) is 11.4 Å². The van der Waals surface area contributed by atoms with Crippen molar-refractivity contribution in [1.29, 1.82) is 0 Å². The molecule has 1 amide bonds. The van der Waals surface area contributed by atoms with E-state index in [1.165, 1.54) is 6.07 Å². The number of nitrogens with zero attached hydrogens (tertiary/aromatic N) is 3. The molecular formula is C29H21N5O3. The van der Waals surface area contributed by atoms with Crippen LogP contribution in [0, 0.1) is 6.92 Å². The second-order valence-electron chi connectivity index (χ2n) is 8.66. The summed E-state index contributed by atoms with van der Waals surface area (Å²) < 4.78 is 5.86. The largest absolute Gasteiger partial charge is 0.460 e. The number of rotatable bonds is 5. The van der Waals surface area contributed by atoms with Crippen molar-refractivity contribution in [3.63, 3.8) is 0 Å².